The zero-order valence-electron chi connectivity index (χ0n) is 11.6. The van der Waals surface area contributed by atoms with Crippen LogP contribution in [0, 0.1) is 0 Å². The number of hydrogen-bond acceptors (Lipinski definition) is 3. The first-order chi connectivity index (χ1) is 9.65. The largest absolute Gasteiger partial charge is 0.496 e. The van der Waals surface area contributed by atoms with E-state index in [0.717, 1.165) is 21.8 Å². The van der Waals surface area contributed by atoms with Gasteiger partial charge in [0.1, 0.15) is 5.75 Å². The highest BCUT2D eigenvalue weighted by Crippen LogP contribution is 2.28. The zero-order valence-corrected chi connectivity index (χ0v) is 12.3. The molecule has 0 saturated heterocycles. The molecule has 1 unspecified atom stereocenters. The number of benzene rings is 2. The minimum Gasteiger partial charge on any atom is -0.496 e. The molecule has 20 heavy (non-hydrogen) atoms. The fraction of sp³-hybridized carbons (Fsp3) is 0.250. The third-order valence-electron chi connectivity index (χ3n) is 3.21. The van der Waals surface area contributed by atoms with Gasteiger partial charge >= 0.3 is 0 Å². The van der Waals surface area contributed by atoms with Crippen LogP contribution in [0.4, 0.5) is 5.69 Å². The Morgan fingerprint density at radius 3 is 2.65 bits per heavy atom. The topological polar surface area (TPSA) is 41.5 Å². The van der Waals surface area contributed by atoms with Crippen LogP contribution in [0.15, 0.2) is 42.5 Å². The highest BCUT2D eigenvalue weighted by Gasteiger charge is 2.10. The number of anilines is 1. The Hall–Kier alpha value is -1.71. The van der Waals surface area contributed by atoms with Gasteiger partial charge in [-0.2, -0.15) is 0 Å². The first-order valence-corrected chi connectivity index (χ1v) is 6.82. The van der Waals surface area contributed by atoms with Crippen molar-refractivity contribution < 1.29 is 9.84 Å². The molecule has 3 nitrogen and oxygen atoms in total. The summed E-state index contributed by atoms with van der Waals surface area (Å²) < 4.78 is 5.19. The van der Waals surface area contributed by atoms with Gasteiger partial charge in [-0.05, 0) is 36.8 Å². The third-order valence-corrected chi connectivity index (χ3v) is 3.55. The van der Waals surface area contributed by atoms with Crippen molar-refractivity contribution in [3.05, 3.63) is 58.6 Å². The summed E-state index contributed by atoms with van der Waals surface area (Å²) in [5.41, 5.74) is 2.71. The van der Waals surface area contributed by atoms with Crippen LogP contribution in [-0.4, -0.2) is 12.2 Å². The van der Waals surface area contributed by atoms with Gasteiger partial charge in [-0.3, -0.25) is 0 Å². The lowest BCUT2D eigenvalue weighted by Gasteiger charge is -2.18. The Balaban J connectivity index is 2.20. The van der Waals surface area contributed by atoms with Gasteiger partial charge in [0.2, 0.25) is 0 Å². The lowest BCUT2D eigenvalue weighted by Crippen LogP contribution is -2.07. The molecule has 106 valence electrons. The van der Waals surface area contributed by atoms with E-state index in [1.807, 2.05) is 49.4 Å². The molecule has 0 bridgehead atoms. The standard InChI is InChI=1S/C16H18ClNO2/c1-11(14-5-3-4-6-15(14)17)18-13-7-8-16(20-2)12(9-13)10-19/h3-9,11,18-19H,10H2,1-2H3. The summed E-state index contributed by atoms with van der Waals surface area (Å²) in [4.78, 5) is 0. The average Bonchev–Trinajstić information content (AvgIpc) is 2.47. The maximum atomic E-state index is 9.34. The van der Waals surface area contributed by atoms with Crippen LogP contribution >= 0.6 is 11.6 Å². The highest BCUT2D eigenvalue weighted by atomic mass is 35.5. The second-order valence-corrected chi connectivity index (χ2v) is 4.98. The Kier molecular flexibility index (Phi) is 4.88. The van der Waals surface area contributed by atoms with Gasteiger partial charge < -0.3 is 15.2 Å². The number of methoxy groups -OCH3 is 1. The van der Waals surface area contributed by atoms with Gasteiger partial charge in [-0.15, -0.1) is 0 Å². The summed E-state index contributed by atoms with van der Waals surface area (Å²) >= 11 is 6.19. The summed E-state index contributed by atoms with van der Waals surface area (Å²) in [5.74, 6) is 0.684. The second kappa shape index (κ2) is 6.64. The Labute approximate surface area is 124 Å². The number of aliphatic hydroxyl groups excluding tert-OH is 1. The highest BCUT2D eigenvalue weighted by molar-refractivity contribution is 6.31. The van der Waals surface area contributed by atoms with Crippen LogP contribution < -0.4 is 10.1 Å². The smallest absolute Gasteiger partial charge is 0.124 e. The minimum absolute atomic E-state index is 0.0564. The summed E-state index contributed by atoms with van der Waals surface area (Å²) in [6.45, 7) is 1.99. The van der Waals surface area contributed by atoms with Crippen molar-refractivity contribution in [3.63, 3.8) is 0 Å². The molecule has 2 aromatic rings. The molecule has 0 spiro atoms. The molecule has 2 rings (SSSR count). The molecule has 0 saturated carbocycles. The molecule has 0 aliphatic rings. The van der Waals surface area contributed by atoms with Crippen LogP contribution in [0.25, 0.3) is 0 Å². The van der Waals surface area contributed by atoms with Gasteiger partial charge in [-0.1, -0.05) is 29.8 Å². The van der Waals surface area contributed by atoms with Gasteiger partial charge in [-0.25, -0.2) is 0 Å². The lowest BCUT2D eigenvalue weighted by atomic mass is 10.1. The SMILES string of the molecule is COc1ccc(NC(C)c2ccccc2Cl)cc1CO. The molecule has 4 heteroatoms. The Morgan fingerprint density at radius 1 is 1.25 bits per heavy atom. The third kappa shape index (κ3) is 3.24. The monoisotopic (exact) mass is 291 g/mol. The van der Waals surface area contributed by atoms with Gasteiger partial charge in [0, 0.05) is 22.3 Å². The van der Waals surface area contributed by atoms with Crippen molar-refractivity contribution in [2.75, 3.05) is 12.4 Å². The molecular formula is C16H18ClNO2. The molecule has 0 aromatic heterocycles. The van der Waals surface area contributed by atoms with Crippen molar-refractivity contribution in [1.29, 1.82) is 0 Å². The molecule has 0 radical (unpaired) electrons. The van der Waals surface area contributed by atoms with E-state index in [1.165, 1.54) is 0 Å². The normalized spacial score (nSPS) is 12.0. The maximum Gasteiger partial charge on any atom is 0.124 e. The fourth-order valence-electron chi connectivity index (χ4n) is 2.15. The molecule has 2 aromatic carbocycles. The van der Waals surface area contributed by atoms with Crippen molar-refractivity contribution in [1.82, 2.24) is 0 Å². The van der Waals surface area contributed by atoms with Crippen LogP contribution in [0.3, 0.4) is 0 Å². The minimum atomic E-state index is -0.0564. The Bertz CT molecular complexity index is 586. The number of rotatable bonds is 5. The number of nitrogens with one attached hydrogen (secondary N) is 1. The molecular weight excluding hydrogens is 274 g/mol. The number of ether oxygens (including phenoxy) is 1. The van der Waals surface area contributed by atoms with Crippen LogP contribution in [0.2, 0.25) is 5.02 Å². The van der Waals surface area contributed by atoms with Gasteiger partial charge in [0.25, 0.3) is 0 Å². The summed E-state index contributed by atoms with van der Waals surface area (Å²) in [7, 11) is 1.59. The molecule has 0 heterocycles. The lowest BCUT2D eigenvalue weighted by molar-refractivity contribution is 0.274. The predicted octanol–water partition coefficient (Wildman–Crippen LogP) is 4.01. The second-order valence-electron chi connectivity index (χ2n) is 4.57. The average molecular weight is 292 g/mol. The number of aliphatic hydroxyl groups is 1. The summed E-state index contributed by atoms with van der Waals surface area (Å²) in [6, 6.07) is 13.5. The molecule has 1 atom stereocenters. The van der Waals surface area contributed by atoms with Crippen molar-refractivity contribution >= 4 is 17.3 Å². The van der Waals surface area contributed by atoms with Gasteiger partial charge in [0.15, 0.2) is 0 Å². The summed E-state index contributed by atoms with van der Waals surface area (Å²) in [5, 5.41) is 13.5. The van der Waals surface area contributed by atoms with E-state index >= 15 is 0 Å². The van der Waals surface area contributed by atoms with Crippen molar-refractivity contribution in [2.24, 2.45) is 0 Å². The molecule has 2 N–H and O–H groups in total. The van der Waals surface area contributed by atoms with E-state index < -0.39 is 0 Å². The molecule has 0 aliphatic carbocycles. The number of hydrogen-bond donors (Lipinski definition) is 2. The van der Waals surface area contributed by atoms with E-state index in [-0.39, 0.29) is 12.6 Å². The first-order valence-electron chi connectivity index (χ1n) is 6.44. The van der Waals surface area contributed by atoms with E-state index in [2.05, 4.69) is 5.32 Å². The van der Waals surface area contributed by atoms with Gasteiger partial charge in [0.05, 0.1) is 13.7 Å². The van der Waals surface area contributed by atoms with E-state index in [9.17, 15) is 5.11 Å². The number of halogens is 1. The van der Waals surface area contributed by atoms with Crippen LogP contribution in [-0.2, 0) is 6.61 Å². The van der Waals surface area contributed by atoms with Crippen LogP contribution in [0.1, 0.15) is 24.1 Å². The van der Waals surface area contributed by atoms with Crippen LogP contribution in [0.5, 0.6) is 5.75 Å². The van der Waals surface area contributed by atoms with Crippen molar-refractivity contribution in [2.45, 2.75) is 19.6 Å². The molecule has 0 aliphatic heterocycles. The maximum absolute atomic E-state index is 9.34. The van der Waals surface area contributed by atoms with Crippen molar-refractivity contribution in [3.8, 4) is 5.75 Å². The summed E-state index contributed by atoms with van der Waals surface area (Å²) in [6.07, 6.45) is 0. The van der Waals surface area contributed by atoms with E-state index in [0.29, 0.717) is 5.75 Å². The molecule has 0 fully saturated rings. The fourth-order valence-corrected chi connectivity index (χ4v) is 2.45. The van der Waals surface area contributed by atoms with E-state index in [4.69, 9.17) is 16.3 Å². The first kappa shape index (κ1) is 14.7. The Morgan fingerprint density at radius 2 is 2.00 bits per heavy atom. The predicted molar refractivity (Wildman–Crippen MR) is 82.4 cm³/mol. The van der Waals surface area contributed by atoms with E-state index in [1.54, 1.807) is 7.11 Å². The molecule has 0 amide bonds. The quantitative estimate of drug-likeness (QED) is 0.874. The zero-order chi connectivity index (χ0) is 14.5.